The van der Waals surface area contributed by atoms with E-state index in [0.717, 1.165) is 20.9 Å². The predicted molar refractivity (Wildman–Crippen MR) is 88.3 cm³/mol. The molecule has 1 aromatic heterocycles. The van der Waals surface area contributed by atoms with Gasteiger partial charge in [0.25, 0.3) is 5.91 Å². The molecule has 1 amide bonds. The topological polar surface area (TPSA) is 71.8 Å². The predicted octanol–water partition coefficient (Wildman–Crippen LogP) is 3.72. The third-order valence-corrected chi connectivity index (χ3v) is 4.77. The second-order valence-electron chi connectivity index (χ2n) is 4.49. The maximum atomic E-state index is 11.4. The molecule has 2 aromatic carbocycles. The summed E-state index contributed by atoms with van der Waals surface area (Å²) in [4.78, 5) is 19.1. The van der Waals surface area contributed by atoms with Gasteiger partial charge in [0.2, 0.25) is 0 Å². The van der Waals surface area contributed by atoms with Crippen LogP contribution in [-0.2, 0) is 5.75 Å². The van der Waals surface area contributed by atoms with Crippen molar-refractivity contribution in [3.05, 3.63) is 58.1 Å². The standard InChI is InChI=1S/C15H12BrN3OS/c16-11-6-2-1-4-9(11)8-21-15-18-12-7-3-5-10(14(17)20)13(12)19-15/h1-7H,8H2,(H2,17,20)(H,18,19). The molecule has 0 bridgehead atoms. The number of carbonyl (C=O) groups excluding carboxylic acids is 1. The van der Waals surface area contributed by atoms with Gasteiger partial charge in [0.15, 0.2) is 5.16 Å². The number of nitrogens with two attached hydrogens (primary N) is 1. The molecule has 6 heteroatoms. The third-order valence-electron chi connectivity index (χ3n) is 3.08. The van der Waals surface area contributed by atoms with Gasteiger partial charge in [-0.15, -0.1) is 0 Å². The Morgan fingerprint density at radius 3 is 2.81 bits per heavy atom. The first-order chi connectivity index (χ1) is 10.1. The fraction of sp³-hybridized carbons (Fsp3) is 0.0667. The lowest BCUT2D eigenvalue weighted by Crippen LogP contribution is -2.11. The normalized spacial score (nSPS) is 10.9. The Labute approximate surface area is 134 Å². The highest BCUT2D eigenvalue weighted by Gasteiger charge is 2.11. The molecule has 21 heavy (non-hydrogen) atoms. The van der Waals surface area contributed by atoms with Crippen molar-refractivity contribution in [2.45, 2.75) is 10.9 Å². The Hall–Kier alpha value is -1.79. The number of thioether (sulfide) groups is 1. The first-order valence-electron chi connectivity index (χ1n) is 6.30. The molecule has 1 heterocycles. The van der Waals surface area contributed by atoms with E-state index in [1.807, 2.05) is 24.3 Å². The van der Waals surface area contributed by atoms with Crippen LogP contribution in [0.15, 0.2) is 52.1 Å². The van der Waals surface area contributed by atoms with E-state index in [4.69, 9.17) is 5.73 Å². The number of nitrogens with one attached hydrogen (secondary N) is 1. The molecule has 4 nitrogen and oxygen atoms in total. The molecule has 0 atom stereocenters. The van der Waals surface area contributed by atoms with E-state index in [9.17, 15) is 4.79 Å². The van der Waals surface area contributed by atoms with Crippen LogP contribution in [0.2, 0.25) is 0 Å². The molecule has 0 fully saturated rings. The van der Waals surface area contributed by atoms with Crippen molar-refractivity contribution in [3.63, 3.8) is 0 Å². The first-order valence-corrected chi connectivity index (χ1v) is 8.08. The largest absolute Gasteiger partial charge is 0.366 e. The van der Waals surface area contributed by atoms with E-state index in [1.165, 1.54) is 5.56 Å². The summed E-state index contributed by atoms with van der Waals surface area (Å²) in [6.45, 7) is 0. The van der Waals surface area contributed by atoms with Gasteiger partial charge in [0.1, 0.15) is 5.52 Å². The molecular weight excluding hydrogens is 350 g/mol. The quantitative estimate of drug-likeness (QED) is 0.695. The summed E-state index contributed by atoms with van der Waals surface area (Å²) in [5.74, 6) is 0.321. The summed E-state index contributed by atoms with van der Waals surface area (Å²) in [6, 6.07) is 13.4. The fourth-order valence-corrected chi connectivity index (χ4v) is 3.53. The van der Waals surface area contributed by atoms with E-state index in [0.29, 0.717) is 11.1 Å². The number of primary amides is 1. The van der Waals surface area contributed by atoms with Crippen LogP contribution in [0.4, 0.5) is 0 Å². The maximum absolute atomic E-state index is 11.4. The summed E-state index contributed by atoms with van der Waals surface area (Å²) in [6.07, 6.45) is 0. The molecule has 3 N–H and O–H groups in total. The number of aromatic nitrogens is 2. The van der Waals surface area contributed by atoms with Crippen LogP contribution in [0.3, 0.4) is 0 Å². The number of hydrogen-bond donors (Lipinski definition) is 2. The number of amides is 1. The zero-order chi connectivity index (χ0) is 14.8. The summed E-state index contributed by atoms with van der Waals surface area (Å²) >= 11 is 5.12. The van der Waals surface area contributed by atoms with Crippen LogP contribution >= 0.6 is 27.7 Å². The maximum Gasteiger partial charge on any atom is 0.250 e. The van der Waals surface area contributed by atoms with Crippen LogP contribution in [0.1, 0.15) is 15.9 Å². The number of benzene rings is 2. The lowest BCUT2D eigenvalue weighted by molar-refractivity contribution is 0.100. The van der Waals surface area contributed by atoms with E-state index in [1.54, 1.807) is 23.9 Å². The number of para-hydroxylation sites is 1. The minimum absolute atomic E-state index is 0.441. The Morgan fingerprint density at radius 1 is 1.24 bits per heavy atom. The minimum Gasteiger partial charge on any atom is -0.366 e. The van der Waals surface area contributed by atoms with Gasteiger partial charge in [-0.25, -0.2) is 4.98 Å². The van der Waals surface area contributed by atoms with Crippen molar-refractivity contribution in [2.75, 3.05) is 0 Å². The Morgan fingerprint density at radius 2 is 2.05 bits per heavy atom. The van der Waals surface area contributed by atoms with Crippen molar-refractivity contribution >= 4 is 44.6 Å². The van der Waals surface area contributed by atoms with Gasteiger partial charge >= 0.3 is 0 Å². The Bertz CT molecular complexity index is 816. The fourth-order valence-electron chi connectivity index (χ4n) is 2.04. The highest BCUT2D eigenvalue weighted by atomic mass is 79.9. The lowest BCUT2D eigenvalue weighted by Gasteiger charge is -2.01. The highest BCUT2D eigenvalue weighted by Crippen LogP contribution is 2.27. The molecule has 0 unspecified atom stereocenters. The van der Waals surface area contributed by atoms with E-state index in [-0.39, 0.29) is 0 Å². The number of carbonyl (C=O) groups is 1. The van der Waals surface area contributed by atoms with E-state index >= 15 is 0 Å². The third kappa shape index (κ3) is 2.96. The summed E-state index contributed by atoms with van der Waals surface area (Å²) in [7, 11) is 0. The number of rotatable bonds is 4. The number of imidazole rings is 1. The van der Waals surface area contributed by atoms with Crippen molar-refractivity contribution in [1.29, 1.82) is 0 Å². The van der Waals surface area contributed by atoms with Crippen molar-refractivity contribution in [1.82, 2.24) is 9.97 Å². The van der Waals surface area contributed by atoms with Gasteiger partial charge in [-0.1, -0.05) is 52.0 Å². The van der Waals surface area contributed by atoms with Crippen LogP contribution in [0, 0.1) is 0 Å². The molecule has 0 aliphatic heterocycles. The molecule has 106 valence electrons. The molecule has 0 saturated carbocycles. The number of nitrogens with zero attached hydrogens (tertiary/aromatic N) is 1. The first kappa shape index (κ1) is 14.2. The molecule has 0 saturated heterocycles. The van der Waals surface area contributed by atoms with Gasteiger partial charge in [0.05, 0.1) is 11.1 Å². The summed E-state index contributed by atoms with van der Waals surface area (Å²) < 4.78 is 1.08. The zero-order valence-electron chi connectivity index (χ0n) is 11.0. The number of halogens is 1. The second-order valence-corrected chi connectivity index (χ2v) is 6.31. The monoisotopic (exact) mass is 361 g/mol. The van der Waals surface area contributed by atoms with Crippen LogP contribution in [0.25, 0.3) is 11.0 Å². The van der Waals surface area contributed by atoms with Gasteiger partial charge in [-0.3, -0.25) is 4.79 Å². The van der Waals surface area contributed by atoms with Crippen molar-refractivity contribution in [3.8, 4) is 0 Å². The highest BCUT2D eigenvalue weighted by molar-refractivity contribution is 9.10. The Kier molecular flexibility index (Phi) is 3.98. The second kappa shape index (κ2) is 5.91. The summed E-state index contributed by atoms with van der Waals surface area (Å²) in [5.41, 5.74) is 8.45. The minimum atomic E-state index is -0.463. The molecular formula is C15H12BrN3OS. The van der Waals surface area contributed by atoms with Crippen LogP contribution < -0.4 is 5.73 Å². The molecule has 0 spiro atoms. The van der Waals surface area contributed by atoms with Crippen LogP contribution in [-0.4, -0.2) is 15.9 Å². The van der Waals surface area contributed by atoms with Crippen molar-refractivity contribution < 1.29 is 4.79 Å². The zero-order valence-corrected chi connectivity index (χ0v) is 13.4. The molecule has 0 aliphatic rings. The molecule has 3 rings (SSSR count). The number of H-pyrrole nitrogens is 1. The smallest absolute Gasteiger partial charge is 0.250 e. The SMILES string of the molecule is NC(=O)c1cccc2[nH]c(SCc3ccccc3Br)nc12. The number of aromatic amines is 1. The van der Waals surface area contributed by atoms with Gasteiger partial charge in [-0.2, -0.15) is 0 Å². The number of fused-ring (bicyclic) bond motifs is 1. The lowest BCUT2D eigenvalue weighted by atomic mass is 10.2. The molecule has 3 aromatic rings. The van der Waals surface area contributed by atoms with Gasteiger partial charge in [-0.05, 0) is 23.8 Å². The molecule has 0 radical (unpaired) electrons. The van der Waals surface area contributed by atoms with E-state index in [2.05, 4.69) is 32.0 Å². The average molecular weight is 362 g/mol. The number of hydrogen-bond acceptors (Lipinski definition) is 3. The van der Waals surface area contributed by atoms with Gasteiger partial charge in [0, 0.05) is 10.2 Å². The van der Waals surface area contributed by atoms with Gasteiger partial charge < -0.3 is 10.7 Å². The Balaban J connectivity index is 1.87. The molecule has 0 aliphatic carbocycles. The van der Waals surface area contributed by atoms with E-state index < -0.39 is 5.91 Å². The average Bonchev–Trinajstić information content (AvgIpc) is 2.88. The van der Waals surface area contributed by atoms with Crippen molar-refractivity contribution in [2.24, 2.45) is 5.73 Å². The summed E-state index contributed by atoms with van der Waals surface area (Å²) in [5, 5.41) is 0.773. The van der Waals surface area contributed by atoms with Crippen LogP contribution in [0.5, 0.6) is 0 Å².